The molecule has 2 unspecified atom stereocenters. The average Bonchev–Trinajstić information content (AvgIpc) is 3.66. The summed E-state index contributed by atoms with van der Waals surface area (Å²) in [5, 5.41) is 23.5. The van der Waals surface area contributed by atoms with Crippen LogP contribution in [0.25, 0.3) is 11.1 Å². The minimum absolute atomic E-state index is 0.0882. The number of nitriles is 1. The first-order valence-corrected chi connectivity index (χ1v) is 20.8. The van der Waals surface area contributed by atoms with E-state index in [9.17, 15) is 14.7 Å². The van der Waals surface area contributed by atoms with Crippen LogP contribution in [0.5, 0.6) is 17.2 Å². The Morgan fingerprint density at radius 1 is 0.966 bits per heavy atom. The zero-order valence-corrected chi connectivity index (χ0v) is 34.3. The number of fused-ring (bicyclic) bond motifs is 2. The van der Waals surface area contributed by atoms with Crippen LogP contribution in [0.4, 0.5) is 5.13 Å². The molecule has 2 aliphatic rings. The molecule has 0 saturated heterocycles. The standard InChI is InChI=1S/C44H35Cl2N5O6S2/c45-34-14-5-27(15-35(34)46)23-55-33-12-10-30(11-13-33)40-24-56-38-18-31-17-37(51(22-32(31)19-39(38)57-40)59-41-21-49-44(48)58-41)42(52)50-36(43(53)54)16-25-1-6-28(7-2-25)29-8-3-26(20-47)4-9-29/h1-15,18-19,21,36-37,40H,16-17,22-24H2,(H2,48,49)(H,50,52)(H,53,54)/t36-,37?,40?/m0/s1. The number of anilines is 1. The van der Waals surface area contributed by atoms with E-state index in [-0.39, 0.29) is 19.1 Å². The molecule has 3 atom stereocenters. The van der Waals surface area contributed by atoms with E-state index in [0.717, 1.165) is 43.2 Å². The Kier molecular flexibility index (Phi) is 12.0. The number of nitrogens with one attached hydrogen (secondary N) is 1. The van der Waals surface area contributed by atoms with Crippen LogP contribution in [0.1, 0.15) is 39.5 Å². The lowest BCUT2D eigenvalue weighted by Crippen LogP contribution is -2.52. The monoisotopic (exact) mass is 863 g/mol. The van der Waals surface area contributed by atoms with E-state index in [4.69, 9.17) is 48.4 Å². The summed E-state index contributed by atoms with van der Waals surface area (Å²) in [5.74, 6) is 0.298. The molecule has 1 amide bonds. The lowest BCUT2D eigenvalue weighted by Gasteiger charge is -2.36. The van der Waals surface area contributed by atoms with Crippen molar-refractivity contribution in [2.75, 3.05) is 12.3 Å². The summed E-state index contributed by atoms with van der Waals surface area (Å²) in [6, 6.07) is 31.9. The number of nitrogens with two attached hydrogens (primary N) is 1. The Hall–Kier alpha value is -5.75. The number of carboxylic acid groups (broad SMARTS) is 1. The van der Waals surface area contributed by atoms with Gasteiger partial charge in [0.15, 0.2) is 22.7 Å². The summed E-state index contributed by atoms with van der Waals surface area (Å²) in [5.41, 5.74) is 12.8. The number of carbonyl (C=O) groups is 2. The largest absolute Gasteiger partial charge is 0.489 e. The summed E-state index contributed by atoms with van der Waals surface area (Å²) in [7, 11) is 0. The normalized spacial score (nSPS) is 16.4. The summed E-state index contributed by atoms with van der Waals surface area (Å²) in [4.78, 5) is 30.8. The van der Waals surface area contributed by atoms with Gasteiger partial charge in [0.05, 0.1) is 32.1 Å². The van der Waals surface area contributed by atoms with Gasteiger partial charge in [0, 0.05) is 13.0 Å². The smallest absolute Gasteiger partial charge is 0.326 e. The van der Waals surface area contributed by atoms with Crippen LogP contribution >= 0.6 is 46.5 Å². The number of aromatic nitrogens is 1. The van der Waals surface area contributed by atoms with Gasteiger partial charge in [-0.05, 0) is 106 Å². The van der Waals surface area contributed by atoms with Crippen LogP contribution < -0.4 is 25.3 Å². The number of thiazole rings is 1. The van der Waals surface area contributed by atoms with E-state index in [1.165, 1.54) is 23.3 Å². The number of carboxylic acids is 1. The lowest BCUT2D eigenvalue weighted by molar-refractivity contribution is -0.142. The van der Waals surface area contributed by atoms with E-state index < -0.39 is 24.0 Å². The second-order valence-corrected chi connectivity index (χ2v) is 17.2. The third-order valence-electron chi connectivity index (χ3n) is 10.0. The maximum Gasteiger partial charge on any atom is 0.326 e. The van der Waals surface area contributed by atoms with E-state index in [0.29, 0.717) is 57.6 Å². The van der Waals surface area contributed by atoms with E-state index in [1.54, 1.807) is 30.5 Å². The van der Waals surface area contributed by atoms with Crippen LogP contribution in [-0.2, 0) is 35.6 Å². The minimum Gasteiger partial charge on any atom is -0.489 e. The number of rotatable bonds is 12. The van der Waals surface area contributed by atoms with Crippen molar-refractivity contribution in [3.8, 4) is 34.4 Å². The van der Waals surface area contributed by atoms with Gasteiger partial charge in [-0.15, -0.1) is 0 Å². The predicted octanol–water partition coefficient (Wildman–Crippen LogP) is 8.91. The number of hydrogen-bond acceptors (Lipinski definition) is 11. The minimum atomic E-state index is -1.17. The Bertz CT molecular complexity index is 2550. The van der Waals surface area contributed by atoms with Gasteiger partial charge in [-0.3, -0.25) is 4.79 Å². The molecule has 0 saturated carbocycles. The highest BCUT2D eigenvalue weighted by atomic mass is 35.5. The third kappa shape index (κ3) is 9.44. The first-order chi connectivity index (χ1) is 28.6. The van der Waals surface area contributed by atoms with Gasteiger partial charge >= 0.3 is 5.97 Å². The zero-order valence-electron chi connectivity index (χ0n) is 31.1. The van der Waals surface area contributed by atoms with Gasteiger partial charge in [-0.2, -0.15) is 5.26 Å². The maximum atomic E-state index is 14.1. The number of nitrogens with zero attached hydrogens (tertiary/aromatic N) is 3. The summed E-state index contributed by atoms with van der Waals surface area (Å²) >= 11 is 14.8. The van der Waals surface area contributed by atoms with Crippen LogP contribution in [0.2, 0.25) is 10.0 Å². The Morgan fingerprint density at radius 2 is 1.68 bits per heavy atom. The molecule has 0 aliphatic carbocycles. The Labute approximate surface area is 358 Å². The van der Waals surface area contributed by atoms with Gasteiger partial charge in [0.1, 0.15) is 31.0 Å². The lowest BCUT2D eigenvalue weighted by atomic mass is 9.94. The highest BCUT2D eigenvalue weighted by Crippen LogP contribution is 2.43. The molecular formula is C44H35Cl2N5O6S2. The second-order valence-electron chi connectivity index (χ2n) is 14.0. The van der Waals surface area contributed by atoms with Crippen molar-refractivity contribution in [3.63, 3.8) is 0 Å². The molecule has 4 N–H and O–H groups in total. The van der Waals surface area contributed by atoms with E-state index >= 15 is 0 Å². The molecule has 15 heteroatoms. The molecule has 1 aromatic heterocycles. The van der Waals surface area contributed by atoms with Gasteiger partial charge in [0.2, 0.25) is 5.91 Å². The van der Waals surface area contributed by atoms with Crippen molar-refractivity contribution < 1.29 is 28.9 Å². The van der Waals surface area contributed by atoms with Gasteiger partial charge in [-0.25, -0.2) is 14.1 Å². The number of aliphatic carboxylic acids is 1. The van der Waals surface area contributed by atoms with Crippen LogP contribution in [0.3, 0.4) is 0 Å². The molecule has 0 radical (unpaired) electrons. The number of halogens is 2. The first kappa shape index (κ1) is 40.0. The number of benzene rings is 5. The van der Waals surface area contributed by atoms with E-state index in [2.05, 4.69) is 16.4 Å². The fraction of sp³-hybridized carbons (Fsp3) is 0.182. The number of hydrogen-bond donors (Lipinski definition) is 3. The number of amides is 1. The molecule has 0 spiro atoms. The van der Waals surface area contributed by atoms with Crippen molar-refractivity contribution in [1.29, 1.82) is 5.26 Å². The molecule has 0 fully saturated rings. The highest BCUT2D eigenvalue weighted by Gasteiger charge is 2.36. The van der Waals surface area contributed by atoms with Crippen LogP contribution in [-0.4, -0.2) is 45.0 Å². The van der Waals surface area contributed by atoms with Crippen LogP contribution in [0.15, 0.2) is 114 Å². The molecular weight excluding hydrogens is 830 g/mol. The van der Waals surface area contributed by atoms with Gasteiger partial charge in [-0.1, -0.05) is 89.1 Å². The molecule has 11 nitrogen and oxygen atoms in total. The number of carbonyl (C=O) groups excluding carboxylic acids is 1. The van der Waals surface area contributed by atoms with Gasteiger partial charge < -0.3 is 30.4 Å². The maximum absolute atomic E-state index is 14.1. The summed E-state index contributed by atoms with van der Waals surface area (Å²) < 4.78 is 21.4. The zero-order chi connectivity index (χ0) is 41.0. The van der Waals surface area contributed by atoms with Crippen molar-refractivity contribution in [2.24, 2.45) is 0 Å². The van der Waals surface area contributed by atoms with Crippen LogP contribution in [0, 0.1) is 11.3 Å². The topological polar surface area (TPSA) is 160 Å². The molecule has 59 heavy (non-hydrogen) atoms. The predicted molar refractivity (Wildman–Crippen MR) is 228 cm³/mol. The molecule has 2 aliphatic heterocycles. The summed E-state index contributed by atoms with van der Waals surface area (Å²) in [6.07, 6.45) is 1.69. The Balaban J connectivity index is 0.955. The quantitative estimate of drug-likeness (QED) is 0.101. The summed E-state index contributed by atoms with van der Waals surface area (Å²) in [6.45, 7) is 0.975. The fourth-order valence-corrected chi connectivity index (χ4v) is 9.15. The second kappa shape index (κ2) is 17.6. The highest BCUT2D eigenvalue weighted by molar-refractivity contribution is 7.99. The average molecular weight is 865 g/mol. The van der Waals surface area contributed by atoms with Crippen molar-refractivity contribution >= 4 is 63.5 Å². The molecule has 3 heterocycles. The molecule has 0 bridgehead atoms. The Morgan fingerprint density at radius 3 is 2.36 bits per heavy atom. The molecule has 5 aromatic carbocycles. The molecule has 8 rings (SSSR count). The number of nitrogen functional groups attached to an aromatic ring is 1. The first-order valence-electron chi connectivity index (χ1n) is 18.5. The van der Waals surface area contributed by atoms with Gasteiger partial charge in [0.25, 0.3) is 0 Å². The molecule has 6 aromatic rings. The van der Waals surface area contributed by atoms with E-state index in [1.807, 2.05) is 83.2 Å². The van der Waals surface area contributed by atoms with Crippen molar-refractivity contribution in [2.45, 2.75) is 48.4 Å². The molecule has 298 valence electrons. The number of ether oxygens (including phenoxy) is 3. The fourth-order valence-electron chi connectivity index (χ4n) is 6.89. The van der Waals surface area contributed by atoms with Crippen molar-refractivity contribution in [3.05, 3.63) is 153 Å². The van der Waals surface area contributed by atoms with Crippen molar-refractivity contribution in [1.82, 2.24) is 14.6 Å². The third-order valence-corrected chi connectivity index (χ3v) is 12.8. The SMILES string of the molecule is N#Cc1ccc(-c2ccc(C[C@H](NC(=O)C3Cc4cc5c(cc4CN3Sc3cnc(N)s3)OC(c3ccc(OCc4ccc(Cl)c(Cl)c4)cc3)CO5)C(=O)O)cc2)cc1.